The van der Waals surface area contributed by atoms with Crippen LogP contribution in [0.15, 0.2) is 30.3 Å². The predicted molar refractivity (Wildman–Crippen MR) is 171 cm³/mol. The molecule has 11 heteroatoms. The van der Waals surface area contributed by atoms with E-state index in [0.717, 1.165) is 42.8 Å². The molecule has 1 saturated carbocycles. The number of pyridine rings is 1. The summed E-state index contributed by atoms with van der Waals surface area (Å²) in [6.45, 7) is -1.76. The number of rotatable bonds is 7. The van der Waals surface area contributed by atoms with E-state index in [1.54, 1.807) is 37.2 Å². The molecule has 0 bridgehead atoms. The van der Waals surface area contributed by atoms with E-state index in [-0.39, 0.29) is 11.9 Å². The molecule has 234 valence electrons. The Labute approximate surface area is 266 Å². The summed E-state index contributed by atoms with van der Waals surface area (Å²) in [6, 6.07) is 8.23. The zero-order valence-electron chi connectivity index (χ0n) is 31.8. The van der Waals surface area contributed by atoms with Gasteiger partial charge in [-0.25, -0.2) is 15.0 Å². The number of methoxy groups -OCH3 is 1. The van der Waals surface area contributed by atoms with Gasteiger partial charge in [-0.3, -0.25) is 14.6 Å². The number of imidazole rings is 1. The quantitative estimate of drug-likeness (QED) is 0.322. The highest BCUT2D eigenvalue weighted by Crippen LogP contribution is 2.38. The summed E-state index contributed by atoms with van der Waals surface area (Å²) in [5.41, 5.74) is 7.24. The Hall–Kier alpha value is -3.96. The number of nitrogens with one attached hydrogen (secondary N) is 1. The molecule has 3 N–H and O–H groups in total. The molecule has 1 aliphatic heterocycles. The number of carbonyl (C=O) groups excluding carboxylic acids is 2. The van der Waals surface area contributed by atoms with E-state index in [1.165, 1.54) is 0 Å². The second-order valence-electron chi connectivity index (χ2n) is 12.4. The van der Waals surface area contributed by atoms with Crippen LogP contribution >= 0.6 is 0 Å². The van der Waals surface area contributed by atoms with Gasteiger partial charge in [0.2, 0.25) is 5.91 Å². The van der Waals surface area contributed by atoms with Crippen molar-refractivity contribution in [1.29, 1.82) is 0 Å². The SMILES string of the molecule is [2H]C([2H])([2H])C(C)(C(=O)N[C@H](C)c1ccc2cc(-c3nc4cc(C(=O)N5C[C@H](N)CCN5C)cc(OC)c4n3C)n(CC3CC3)c2n1)C([2H])([2H])[2H]. The zero-order chi connectivity index (χ0) is 36.5. The van der Waals surface area contributed by atoms with Crippen LogP contribution in [0.1, 0.15) is 77.1 Å². The van der Waals surface area contributed by atoms with Crippen LogP contribution in [0.4, 0.5) is 0 Å². The fourth-order valence-corrected chi connectivity index (χ4v) is 5.86. The summed E-state index contributed by atoms with van der Waals surface area (Å²) >= 11 is 0. The molecule has 4 heterocycles. The number of benzene rings is 1. The van der Waals surface area contributed by atoms with Crippen LogP contribution in [0.5, 0.6) is 5.75 Å². The Balaban J connectivity index is 1.39. The number of aryl methyl sites for hydroxylation is 1. The van der Waals surface area contributed by atoms with Crippen LogP contribution in [-0.4, -0.2) is 74.2 Å². The third-order valence-corrected chi connectivity index (χ3v) is 8.66. The van der Waals surface area contributed by atoms with E-state index in [2.05, 4.69) is 9.88 Å². The van der Waals surface area contributed by atoms with Gasteiger partial charge in [0.15, 0.2) is 5.82 Å². The number of amides is 2. The van der Waals surface area contributed by atoms with E-state index in [1.807, 2.05) is 35.8 Å². The lowest BCUT2D eigenvalue weighted by Gasteiger charge is -2.38. The molecule has 2 atom stereocenters. The van der Waals surface area contributed by atoms with Crippen molar-refractivity contribution in [2.75, 3.05) is 27.2 Å². The number of fused-ring (bicyclic) bond motifs is 2. The van der Waals surface area contributed by atoms with Crippen LogP contribution in [0.2, 0.25) is 0 Å². The highest BCUT2D eigenvalue weighted by Gasteiger charge is 2.30. The lowest BCUT2D eigenvalue weighted by atomic mass is 9.95. The van der Waals surface area contributed by atoms with Gasteiger partial charge in [-0.15, -0.1) is 0 Å². The van der Waals surface area contributed by atoms with Crippen LogP contribution in [0.25, 0.3) is 33.6 Å². The van der Waals surface area contributed by atoms with E-state index < -0.39 is 31.1 Å². The molecule has 3 aromatic heterocycles. The summed E-state index contributed by atoms with van der Waals surface area (Å²) in [7, 11) is 5.33. The molecule has 6 rings (SSSR count). The van der Waals surface area contributed by atoms with Crippen molar-refractivity contribution >= 4 is 33.9 Å². The van der Waals surface area contributed by atoms with Crippen molar-refractivity contribution in [2.45, 2.75) is 65.4 Å². The van der Waals surface area contributed by atoms with Gasteiger partial charge in [0.25, 0.3) is 5.91 Å². The topological polar surface area (TPSA) is 124 Å². The maximum absolute atomic E-state index is 13.7. The van der Waals surface area contributed by atoms with Crippen LogP contribution in [0.3, 0.4) is 0 Å². The monoisotopic (exact) mass is 606 g/mol. The van der Waals surface area contributed by atoms with Crippen LogP contribution < -0.4 is 15.8 Å². The maximum atomic E-state index is 13.7. The largest absolute Gasteiger partial charge is 0.494 e. The molecule has 1 aromatic carbocycles. The van der Waals surface area contributed by atoms with Gasteiger partial charge in [-0.05, 0) is 62.4 Å². The Morgan fingerprint density at radius 1 is 1.18 bits per heavy atom. The van der Waals surface area contributed by atoms with Crippen LogP contribution in [0, 0.1) is 11.3 Å². The fraction of sp³-hybridized carbons (Fsp3) is 0.515. The van der Waals surface area contributed by atoms with E-state index in [0.29, 0.717) is 59.5 Å². The number of nitrogens with two attached hydrogens (primary N) is 1. The number of ether oxygens (including phenoxy) is 1. The Morgan fingerprint density at radius 2 is 1.95 bits per heavy atom. The maximum Gasteiger partial charge on any atom is 0.268 e. The lowest BCUT2D eigenvalue weighted by Crippen LogP contribution is -2.55. The summed E-state index contributed by atoms with van der Waals surface area (Å²) in [5.74, 6) is 0.323. The van der Waals surface area contributed by atoms with E-state index >= 15 is 0 Å². The molecule has 2 amide bonds. The minimum Gasteiger partial charge on any atom is -0.494 e. The molecule has 44 heavy (non-hydrogen) atoms. The number of hydrogen-bond donors (Lipinski definition) is 2. The number of nitrogens with zero attached hydrogens (tertiary/aromatic N) is 6. The van der Waals surface area contributed by atoms with Crippen molar-refractivity contribution in [3.05, 3.63) is 41.6 Å². The highest BCUT2D eigenvalue weighted by molar-refractivity contribution is 6.00. The van der Waals surface area contributed by atoms with Gasteiger partial charge >= 0.3 is 0 Å². The smallest absolute Gasteiger partial charge is 0.268 e. The molecule has 2 aliphatic rings. The van der Waals surface area contributed by atoms with Crippen molar-refractivity contribution in [1.82, 2.24) is 34.4 Å². The third-order valence-electron chi connectivity index (χ3n) is 8.66. The first-order valence-electron chi connectivity index (χ1n) is 18.0. The number of carbonyl (C=O) groups is 2. The summed E-state index contributed by atoms with van der Waals surface area (Å²) in [6.07, 6.45) is 2.95. The summed E-state index contributed by atoms with van der Waals surface area (Å²) < 4.78 is 56.9. The molecule has 1 saturated heterocycles. The molecular weight excluding hydrogens is 556 g/mol. The number of aromatic nitrogens is 4. The average molecular weight is 607 g/mol. The van der Waals surface area contributed by atoms with Crippen molar-refractivity contribution in [2.24, 2.45) is 24.1 Å². The zero-order valence-corrected chi connectivity index (χ0v) is 25.8. The average Bonchev–Trinajstić information content (AvgIpc) is 3.72. The van der Waals surface area contributed by atoms with Gasteiger partial charge < -0.3 is 24.9 Å². The molecule has 0 unspecified atom stereocenters. The lowest BCUT2D eigenvalue weighted by molar-refractivity contribution is -0.129. The molecular formula is C33H44N8O3. The minimum absolute atomic E-state index is 0.104. The Bertz CT molecular complexity index is 1950. The molecule has 1 aliphatic carbocycles. The summed E-state index contributed by atoms with van der Waals surface area (Å²) in [4.78, 5) is 36.9. The normalized spacial score (nSPS) is 21.2. The van der Waals surface area contributed by atoms with Gasteiger partial charge in [0.05, 0.1) is 36.6 Å². The van der Waals surface area contributed by atoms with Crippen molar-refractivity contribution in [3.8, 4) is 17.3 Å². The number of hydrogen-bond acceptors (Lipinski definition) is 7. The molecule has 0 radical (unpaired) electrons. The molecule has 0 spiro atoms. The minimum atomic E-state index is -3.06. The van der Waals surface area contributed by atoms with Gasteiger partial charge in [0, 0.05) is 57.8 Å². The molecule has 11 nitrogen and oxygen atoms in total. The number of hydrazine groups is 1. The highest BCUT2D eigenvalue weighted by atomic mass is 16.5. The van der Waals surface area contributed by atoms with E-state index in [9.17, 15) is 9.59 Å². The predicted octanol–water partition coefficient (Wildman–Crippen LogP) is 4.25. The van der Waals surface area contributed by atoms with Crippen molar-refractivity contribution in [3.63, 3.8) is 0 Å². The Morgan fingerprint density at radius 3 is 2.66 bits per heavy atom. The second kappa shape index (κ2) is 11.2. The van der Waals surface area contributed by atoms with Gasteiger partial charge in [-0.2, -0.15) is 0 Å². The standard InChI is InChI=1S/C33H44N8O3/c1-19(35-32(43)33(2,3)4)24-11-10-21-15-26(40(29(21)36-24)17-20-8-9-20)30-37-25-14-22(16-27(44-7)28(25)39(30)6)31(42)41-18-23(34)12-13-38(41)5/h10-11,14-16,19-20,23H,8-9,12-13,17-18,34H2,1-7H3,(H,35,43)/t19-,23-/m1/s1/i2D3,3D3. The van der Waals surface area contributed by atoms with Crippen molar-refractivity contribution < 1.29 is 22.6 Å². The second-order valence-corrected chi connectivity index (χ2v) is 12.4. The van der Waals surface area contributed by atoms with Crippen LogP contribution in [-0.2, 0) is 18.4 Å². The first kappa shape index (κ1) is 23.4. The molecule has 4 aromatic rings. The first-order chi connectivity index (χ1) is 23.3. The third kappa shape index (κ3) is 5.54. The molecule has 2 fully saturated rings. The first-order valence-corrected chi connectivity index (χ1v) is 15.0. The fourth-order valence-electron chi connectivity index (χ4n) is 5.86. The Kier molecular flexibility index (Phi) is 5.96. The summed E-state index contributed by atoms with van der Waals surface area (Å²) in [5, 5.41) is 6.98. The van der Waals surface area contributed by atoms with E-state index in [4.69, 9.17) is 28.7 Å². The van der Waals surface area contributed by atoms with Gasteiger partial charge in [0.1, 0.15) is 16.9 Å². The van der Waals surface area contributed by atoms with Gasteiger partial charge in [-0.1, -0.05) is 20.6 Å².